The van der Waals surface area contributed by atoms with E-state index >= 15 is 0 Å². The molecule has 0 aliphatic rings. The van der Waals surface area contributed by atoms with E-state index in [1.165, 1.54) is 5.69 Å². The highest BCUT2D eigenvalue weighted by Crippen LogP contribution is 2.15. The molecule has 0 bridgehead atoms. The molecular weight excluding hydrogens is 523 g/mol. The number of halogens is 2. The fourth-order valence-corrected chi connectivity index (χ4v) is 3.17. The number of nitrogens with zero attached hydrogens (tertiary/aromatic N) is 3. The van der Waals surface area contributed by atoms with Gasteiger partial charge in [-0.05, 0) is 47.5 Å². The normalized spacial score (nSPS) is 11.3. The molecule has 27 heavy (non-hydrogen) atoms. The van der Waals surface area contributed by atoms with Gasteiger partial charge in [-0.25, -0.2) is 0 Å². The summed E-state index contributed by atoms with van der Waals surface area (Å²) < 4.78 is 14.0. The molecule has 2 rings (SSSR count). The summed E-state index contributed by atoms with van der Waals surface area (Å²) in [6.07, 6.45) is 5.51. The van der Waals surface area contributed by atoms with Crippen LogP contribution in [0.15, 0.2) is 44.5 Å². The quantitative estimate of drug-likeness (QED) is 0.209. The number of furan rings is 1. The molecule has 0 fully saturated rings. The minimum absolute atomic E-state index is 0. The van der Waals surface area contributed by atoms with Gasteiger partial charge in [0.25, 0.3) is 0 Å². The van der Waals surface area contributed by atoms with Crippen molar-refractivity contribution in [3.63, 3.8) is 0 Å². The molecule has 0 aliphatic heterocycles. The summed E-state index contributed by atoms with van der Waals surface area (Å²) in [6, 6.07) is 6.04. The van der Waals surface area contributed by atoms with E-state index in [0.717, 1.165) is 61.9 Å². The lowest BCUT2D eigenvalue weighted by molar-refractivity contribution is 0.146. The lowest BCUT2D eigenvalue weighted by Crippen LogP contribution is -2.40. The van der Waals surface area contributed by atoms with Crippen LogP contribution in [0, 0.1) is 0 Å². The average molecular weight is 553 g/mol. The molecule has 152 valence electrons. The maximum Gasteiger partial charge on any atom is 0.194 e. The Morgan fingerprint density at radius 1 is 1.44 bits per heavy atom. The van der Waals surface area contributed by atoms with E-state index < -0.39 is 0 Å². The molecule has 2 aromatic heterocycles. The fraction of sp³-hybridized carbons (Fsp3) is 0.526. The second-order valence-corrected chi connectivity index (χ2v) is 7.04. The zero-order valence-corrected chi connectivity index (χ0v) is 20.2. The Morgan fingerprint density at radius 2 is 2.26 bits per heavy atom. The highest BCUT2D eigenvalue weighted by atomic mass is 127. The van der Waals surface area contributed by atoms with Gasteiger partial charge >= 0.3 is 0 Å². The monoisotopic (exact) mass is 552 g/mol. The van der Waals surface area contributed by atoms with Crippen molar-refractivity contribution >= 4 is 45.9 Å². The first-order valence-electron chi connectivity index (χ1n) is 9.00. The molecule has 0 spiro atoms. The van der Waals surface area contributed by atoms with E-state index in [2.05, 4.69) is 57.1 Å². The predicted molar refractivity (Wildman–Crippen MR) is 124 cm³/mol. The van der Waals surface area contributed by atoms with E-state index in [-0.39, 0.29) is 24.0 Å². The zero-order valence-electron chi connectivity index (χ0n) is 16.3. The van der Waals surface area contributed by atoms with Crippen molar-refractivity contribution in [2.24, 2.45) is 12.0 Å². The van der Waals surface area contributed by atoms with Gasteiger partial charge in [-0.3, -0.25) is 4.99 Å². The number of hydrogen-bond donors (Lipinski definition) is 1. The molecule has 0 unspecified atom stereocenters. The third kappa shape index (κ3) is 8.69. The van der Waals surface area contributed by atoms with Crippen molar-refractivity contribution in [2.75, 3.05) is 33.4 Å². The molecule has 0 aromatic carbocycles. The number of aryl methyl sites for hydroxylation is 1. The summed E-state index contributed by atoms with van der Waals surface area (Å²) in [5.41, 5.74) is 1.22. The second kappa shape index (κ2) is 13.2. The Hall–Kier alpha value is -1.000. The molecule has 0 atom stereocenters. The van der Waals surface area contributed by atoms with Crippen molar-refractivity contribution in [2.45, 2.75) is 26.3 Å². The van der Waals surface area contributed by atoms with Crippen LogP contribution in [0.2, 0.25) is 0 Å². The molecule has 0 aliphatic carbocycles. The van der Waals surface area contributed by atoms with Gasteiger partial charge in [0.1, 0.15) is 5.76 Å². The molecule has 8 heteroatoms. The van der Waals surface area contributed by atoms with E-state index in [1.54, 1.807) is 6.26 Å². The van der Waals surface area contributed by atoms with Crippen LogP contribution in [0.25, 0.3) is 0 Å². The van der Waals surface area contributed by atoms with Crippen LogP contribution < -0.4 is 5.32 Å². The van der Waals surface area contributed by atoms with E-state index in [9.17, 15) is 0 Å². The summed E-state index contributed by atoms with van der Waals surface area (Å²) in [4.78, 5) is 6.89. The van der Waals surface area contributed by atoms with Gasteiger partial charge in [-0.1, -0.05) is 0 Å². The van der Waals surface area contributed by atoms with E-state index in [1.807, 2.05) is 19.1 Å². The van der Waals surface area contributed by atoms with Gasteiger partial charge in [0, 0.05) is 63.2 Å². The summed E-state index contributed by atoms with van der Waals surface area (Å²) in [5.74, 6) is 1.87. The third-order valence-corrected chi connectivity index (χ3v) is 4.42. The maximum absolute atomic E-state index is 5.40. The first-order chi connectivity index (χ1) is 12.6. The van der Waals surface area contributed by atoms with Crippen LogP contribution in [-0.4, -0.2) is 48.8 Å². The van der Waals surface area contributed by atoms with Crippen molar-refractivity contribution in [1.82, 2.24) is 14.8 Å². The van der Waals surface area contributed by atoms with Crippen LogP contribution in [0.5, 0.6) is 0 Å². The summed E-state index contributed by atoms with van der Waals surface area (Å²) >= 11 is 3.53. The average Bonchev–Trinajstić information content (AvgIpc) is 3.22. The van der Waals surface area contributed by atoms with Gasteiger partial charge in [0.15, 0.2) is 5.96 Å². The predicted octanol–water partition coefficient (Wildman–Crippen LogP) is 4.05. The number of nitrogens with one attached hydrogen (secondary N) is 1. The highest BCUT2D eigenvalue weighted by molar-refractivity contribution is 14.0. The summed E-state index contributed by atoms with van der Waals surface area (Å²) in [6.45, 7) is 5.80. The molecule has 2 aromatic rings. The standard InChI is InChI=1S/C19H29BrN4O2.HI/c1-4-25-11-6-9-21-19(22-10-8-18-7-5-12-26-18)24(3)15-17-13-16(20)14-23(17)2;/h5,7,12-14H,4,6,8-11,15H2,1-3H3,(H,21,22);1H. The Morgan fingerprint density at radius 3 is 2.89 bits per heavy atom. The van der Waals surface area contributed by atoms with Crippen LogP contribution in [-0.2, 0) is 24.8 Å². The first kappa shape index (κ1) is 24.0. The first-order valence-corrected chi connectivity index (χ1v) is 9.79. The van der Waals surface area contributed by atoms with Gasteiger partial charge in [0.05, 0.1) is 12.8 Å². The van der Waals surface area contributed by atoms with Crippen LogP contribution in [0.1, 0.15) is 24.8 Å². The number of guanidine groups is 1. The number of ether oxygens (including phenoxy) is 1. The van der Waals surface area contributed by atoms with Crippen LogP contribution in [0.3, 0.4) is 0 Å². The number of aliphatic imine (C=N–C) groups is 1. The van der Waals surface area contributed by atoms with Gasteiger partial charge < -0.3 is 23.9 Å². The van der Waals surface area contributed by atoms with Crippen LogP contribution >= 0.6 is 39.9 Å². The summed E-state index contributed by atoms with van der Waals surface area (Å²) in [5, 5.41) is 3.45. The van der Waals surface area contributed by atoms with E-state index in [4.69, 9.17) is 14.1 Å². The Balaban J connectivity index is 0.00000364. The Kier molecular flexibility index (Phi) is 11.8. The second-order valence-electron chi connectivity index (χ2n) is 6.13. The minimum atomic E-state index is 0. The van der Waals surface area contributed by atoms with Crippen molar-refractivity contribution < 1.29 is 9.15 Å². The molecule has 6 nitrogen and oxygen atoms in total. The largest absolute Gasteiger partial charge is 0.469 e. The maximum atomic E-state index is 5.40. The Bertz CT molecular complexity index is 673. The number of hydrogen-bond acceptors (Lipinski definition) is 3. The van der Waals surface area contributed by atoms with E-state index in [0.29, 0.717) is 0 Å². The van der Waals surface area contributed by atoms with Gasteiger partial charge in [-0.15, -0.1) is 24.0 Å². The zero-order chi connectivity index (χ0) is 18.8. The topological polar surface area (TPSA) is 54.9 Å². The van der Waals surface area contributed by atoms with Gasteiger partial charge in [-0.2, -0.15) is 0 Å². The SMILES string of the molecule is CCOCCCN=C(NCCc1ccco1)N(C)Cc1cc(Br)cn1C.I. The third-order valence-electron chi connectivity index (χ3n) is 3.98. The smallest absolute Gasteiger partial charge is 0.194 e. The molecule has 0 saturated heterocycles. The summed E-state index contributed by atoms with van der Waals surface area (Å²) in [7, 11) is 4.11. The highest BCUT2D eigenvalue weighted by Gasteiger charge is 2.10. The lowest BCUT2D eigenvalue weighted by atomic mass is 10.3. The Labute approximate surface area is 187 Å². The number of aromatic nitrogens is 1. The van der Waals surface area contributed by atoms with Crippen molar-refractivity contribution in [3.05, 3.63) is 46.6 Å². The molecular formula is C19H30BrIN4O2. The molecule has 2 heterocycles. The minimum Gasteiger partial charge on any atom is -0.469 e. The molecule has 0 amide bonds. The molecule has 1 N–H and O–H groups in total. The molecule has 0 radical (unpaired) electrons. The van der Waals surface area contributed by atoms with Gasteiger partial charge in [0.2, 0.25) is 0 Å². The lowest BCUT2D eigenvalue weighted by Gasteiger charge is -2.23. The number of rotatable bonds is 10. The molecule has 0 saturated carbocycles. The van der Waals surface area contributed by atoms with Crippen LogP contribution in [0.4, 0.5) is 0 Å². The van der Waals surface area contributed by atoms with Crippen molar-refractivity contribution in [3.8, 4) is 0 Å². The fourth-order valence-electron chi connectivity index (χ4n) is 2.60. The van der Waals surface area contributed by atoms with Crippen molar-refractivity contribution in [1.29, 1.82) is 0 Å².